The van der Waals surface area contributed by atoms with E-state index in [0.717, 1.165) is 42.4 Å². The maximum atomic E-state index is 12.0. The lowest BCUT2D eigenvalue weighted by Gasteiger charge is -2.17. The van der Waals surface area contributed by atoms with Crippen LogP contribution in [0.2, 0.25) is 0 Å². The first kappa shape index (κ1) is 22.5. The molecule has 0 saturated heterocycles. The minimum absolute atomic E-state index is 0.0937. The van der Waals surface area contributed by atoms with E-state index in [-0.39, 0.29) is 18.0 Å². The highest BCUT2D eigenvalue weighted by atomic mass is 16.5. The van der Waals surface area contributed by atoms with Gasteiger partial charge in [-0.15, -0.1) is 0 Å². The molecule has 4 nitrogen and oxygen atoms in total. The molecule has 0 aliphatic rings. The summed E-state index contributed by atoms with van der Waals surface area (Å²) in [6.45, 7) is 8.51. The molecule has 4 heteroatoms. The first-order valence-corrected chi connectivity index (χ1v) is 10.5. The second kappa shape index (κ2) is 11.3. The zero-order valence-electron chi connectivity index (χ0n) is 17.9. The van der Waals surface area contributed by atoms with Crippen molar-refractivity contribution in [3.05, 3.63) is 53.6 Å². The number of hydrogen-bond acceptors (Lipinski definition) is 4. The molecule has 0 amide bonds. The fraction of sp³-hybridized carbons (Fsp3) is 0.440. The number of benzene rings is 2. The van der Waals surface area contributed by atoms with E-state index in [4.69, 9.17) is 9.47 Å². The first-order chi connectivity index (χ1) is 14.0. The van der Waals surface area contributed by atoms with Crippen molar-refractivity contribution in [1.29, 1.82) is 5.26 Å². The smallest absolute Gasteiger partial charge is 0.309 e. The van der Waals surface area contributed by atoms with Crippen LogP contribution in [0.1, 0.15) is 70.6 Å². The molecule has 0 aliphatic heterocycles. The zero-order chi connectivity index (χ0) is 21.2. The van der Waals surface area contributed by atoms with Crippen molar-refractivity contribution in [1.82, 2.24) is 0 Å². The van der Waals surface area contributed by atoms with Crippen LogP contribution in [0, 0.1) is 17.2 Å². The van der Waals surface area contributed by atoms with Crippen molar-refractivity contribution < 1.29 is 14.3 Å². The average molecular weight is 394 g/mol. The van der Waals surface area contributed by atoms with Crippen LogP contribution < -0.4 is 4.74 Å². The number of nitriles is 1. The molecule has 2 rings (SSSR count). The molecule has 2 unspecified atom stereocenters. The summed E-state index contributed by atoms with van der Waals surface area (Å²) in [6, 6.07) is 15.8. The summed E-state index contributed by atoms with van der Waals surface area (Å²) in [6.07, 6.45) is 3.73. The molecular weight excluding hydrogens is 362 g/mol. The maximum Gasteiger partial charge on any atom is 0.309 e. The van der Waals surface area contributed by atoms with Gasteiger partial charge in [0, 0.05) is 0 Å². The second-order valence-electron chi connectivity index (χ2n) is 7.39. The molecular formula is C25H31NO3. The SMILES string of the molecule is CCCCCOc1ccc(-c2ccc(C(C)OC(=O)C(C)CC)cc2)cc1C#N. The Morgan fingerprint density at radius 1 is 1.03 bits per heavy atom. The third kappa shape index (κ3) is 6.35. The van der Waals surface area contributed by atoms with Gasteiger partial charge >= 0.3 is 5.97 Å². The number of carbonyl (C=O) groups excluding carboxylic acids is 1. The van der Waals surface area contributed by atoms with Gasteiger partial charge in [0.2, 0.25) is 0 Å². The summed E-state index contributed by atoms with van der Waals surface area (Å²) in [5.41, 5.74) is 3.45. The van der Waals surface area contributed by atoms with Gasteiger partial charge in [-0.05, 0) is 48.6 Å². The van der Waals surface area contributed by atoms with Gasteiger partial charge in [0.25, 0.3) is 0 Å². The van der Waals surface area contributed by atoms with Crippen LogP contribution in [-0.4, -0.2) is 12.6 Å². The molecule has 0 aliphatic carbocycles. The van der Waals surface area contributed by atoms with Crippen LogP contribution in [0.3, 0.4) is 0 Å². The van der Waals surface area contributed by atoms with Gasteiger partial charge in [0.05, 0.1) is 18.1 Å². The minimum atomic E-state index is -0.292. The number of carbonyl (C=O) groups is 1. The number of nitrogens with zero attached hydrogens (tertiary/aromatic N) is 1. The largest absolute Gasteiger partial charge is 0.492 e. The number of ether oxygens (including phenoxy) is 2. The molecule has 2 atom stereocenters. The Labute approximate surface area is 174 Å². The standard InChI is InChI=1S/C25H31NO3/c1-5-7-8-15-28-24-14-13-22(16-23(24)17-26)21-11-9-20(10-12-21)19(4)29-25(27)18(3)6-2/h9-14,16,18-19H,5-8,15H2,1-4H3. The number of unbranched alkanes of at least 4 members (excludes halogenated alkanes) is 2. The van der Waals surface area contributed by atoms with Gasteiger partial charge in [-0.2, -0.15) is 5.26 Å². The van der Waals surface area contributed by atoms with Crippen LogP contribution in [0.15, 0.2) is 42.5 Å². The zero-order valence-corrected chi connectivity index (χ0v) is 17.9. The van der Waals surface area contributed by atoms with Gasteiger partial charge in [0.15, 0.2) is 0 Å². The van der Waals surface area contributed by atoms with Crippen molar-refractivity contribution in [2.45, 2.75) is 59.5 Å². The molecule has 0 radical (unpaired) electrons. The third-order valence-corrected chi connectivity index (χ3v) is 5.13. The van der Waals surface area contributed by atoms with Gasteiger partial charge in [-0.25, -0.2) is 0 Å². The van der Waals surface area contributed by atoms with E-state index < -0.39 is 0 Å². The first-order valence-electron chi connectivity index (χ1n) is 10.5. The Balaban J connectivity index is 2.09. The van der Waals surface area contributed by atoms with Crippen molar-refractivity contribution >= 4 is 5.97 Å². The maximum absolute atomic E-state index is 12.0. The summed E-state index contributed by atoms with van der Waals surface area (Å²) in [7, 11) is 0. The van der Waals surface area contributed by atoms with E-state index in [9.17, 15) is 10.1 Å². The highest BCUT2D eigenvalue weighted by Crippen LogP contribution is 2.28. The Morgan fingerprint density at radius 3 is 2.34 bits per heavy atom. The third-order valence-electron chi connectivity index (χ3n) is 5.13. The van der Waals surface area contributed by atoms with Gasteiger partial charge in [0.1, 0.15) is 17.9 Å². The molecule has 154 valence electrons. The van der Waals surface area contributed by atoms with Crippen LogP contribution >= 0.6 is 0 Å². The lowest BCUT2D eigenvalue weighted by atomic mass is 10.00. The summed E-state index contributed by atoms with van der Waals surface area (Å²) in [5.74, 6) is 0.371. The molecule has 0 heterocycles. The van der Waals surface area contributed by atoms with Gasteiger partial charge < -0.3 is 9.47 Å². The predicted octanol–water partition coefficient (Wildman–Crippen LogP) is 6.44. The fourth-order valence-electron chi connectivity index (χ4n) is 2.93. The quantitative estimate of drug-likeness (QED) is 0.344. The summed E-state index contributed by atoms with van der Waals surface area (Å²) in [5, 5.41) is 9.48. The van der Waals surface area contributed by atoms with Crippen LogP contribution in [0.5, 0.6) is 5.75 Å². The van der Waals surface area contributed by atoms with Crippen molar-refractivity contribution in [3.8, 4) is 22.9 Å². The van der Waals surface area contributed by atoms with Crippen molar-refractivity contribution in [2.24, 2.45) is 5.92 Å². The van der Waals surface area contributed by atoms with Crippen LogP contribution in [0.4, 0.5) is 0 Å². The van der Waals surface area contributed by atoms with E-state index in [1.165, 1.54) is 0 Å². The molecule has 0 spiro atoms. The number of rotatable bonds is 10. The molecule has 29 heavy (non-hydrogen) atoms. The molecule has 0 aromatic heterocycles. The van der Waals surface area contributed by atoms with Crippen molar-refractivity contribution in [3.63, 3.8) is 0 Å². The highest BCUT2D eigenvalue weighted by Gasteiger charge is 2.17. The van der Waals surface area contributed by atoms with Gasteiger partial charge in [-0.3, -0.25) is 4.79 Å². The number of hydrogen-bond donors (Lipinski definition) is 0. The van der Waals surface area contributed by atoms with Crippen molar-refractivity contribution in [2.75, 3.05) is 6.61 Å². The summed E-state index contributed by atoms with van der Waals surface area (Å²) >= 11 is 0. The van der Waals surface area contributed by atoms with E-state index in [1.807, 2.05) is 63.2 Å². The normalized spacial score (nSPS) is 12.7. The lowest BCUT2D eigenvalue weighted by molar-refractivity contribution is -0.153. The van der Waals surface area contributed by atoms with Crippen LogP contribution in [-0.2, 0) is 9.53 Å². The molecule has 2 aromatic rings. The van der Waals surface area contributed by atoms with Crippen LogP contribution in [0.25, 0.3) is 11.1 Å². The molecule has 2 aromatic carbocycles. The minimum Gasteiger partial charge on any atom is -0.492 e. The van der Waals surface area contributed by atoms with E-state index in [0.29, 0.717) is 17.9 Å². The predicted molar refractivity (Wildman–Crippen MR) is 116 cm³/mol. The Bertz CT molecular complexity index is 836. The lowest BCUT2D eigenvalue weighted by Crippen LogP contribution is -2.16. The topological polar surface area (TPSA) is 59.3 Å². The van der Waals surface area contributed by atoms with E-state index >= 15 is 0 Å². The monoisotopic (exact) mass is 393 g/mol. The Hall–Kier alpha value is -2.80. The Kier molecular flexibility index (Phi) is 8.73. The summed E-state index contributed by atoms with van der Waals surface area (Å²) < 4.78 is 11.3. The van der Waals surface area contributed by atoms with E-state index in [2.05, 4.69) is 13.0 Å². The average Bonchev–Trinajstić information content (AvgIpc) is 2.76. The van der Waals surface area contributed by atoms with E-state index in [1.54, 1.807) is 0 Å². The summed E-state index contributed by atoms with van der Waals surface area (Å²) in [4.78, 5) is 12.0. The highest BCUT2D eigenvalue weighted by molar-refractivity contribution is 5.72. The fourth-order valence-corrected chi connectivity index (χ4v) is 2.93. The molecule has 0 bridgehead atoms. The molecule has 0 N–H and O–H groups in total. The second-order valence-corrected chi connectivity index (χ2v) is 7.39. The molecule has 0 saturated carbocycles. The Morgan fingerprint density at radius 2 is 1.72 bits per heavy atom. The van der Waals surface area contributed by atoms with Gasteiger partial charge in [-0.1, -0.05) is 63.9 Å². The molecule has 0 fully saturated rings. The number of esters is 1.